The monoisotopic (exact) mass is 279 g/mol. The fourth-order valence-electron chi connectivity index (χ4n) is 1.64. The van der Waals surface area contributed by atoms with E-state index in [2.05, 4.69) is 0 Å². The molecule has 106 valence electrons. The van der Waals surface area contributed by atoms with Crippen molar-refractivity contribution in [3.8, 4) is 0 Å². The van der Waals surface area contributed by atoms with Gasteiger partial charge < -0.3 is 9.64 Å². The standard InChI is InChI=1S/C11H21NO5S/c1-8(17-18(5,14)15)9-6-12(7-9)10(13)16-11(2,3)4/h8-9H,6-7H2,1-5H3/t8-/m0/s1. The topological polar surface area (TPSA) is 72.9 Å². The summed E-state index contributed by atoms with van der Waals surface area (Å²) in [6.07, 6.45) is 0.234. The first-order chi connectivity index (χ1) is 7.98. The molecule has 7 heteroatoms. The number of rotatable bonds is 3. The molecule has 1 saturated heterocycles. The summed E-state index contributed by atoms with van der Waals surface area (Å²) >= 11 is 0. The fraction of sp³-hybridized carbons (Fsp3) is 0.909. The Balaban J connectivity index is 2.38. The van der Waals surface area contributed by atoms with Crippen LogP contribution < -0.4 is 0 Å². The highest BCUT2D eigenvalue weighted by Crippen LogP contribution is 2.24. The third kappa shape index (κ3) is 4.81. The summed E-state index contributed by atoms with van der Waals surface area (Å²) in [5, 5.41) is 0. The Morgan fingerprint density at radius 3 is 2.22 bits per heavy atom. The molecule has 0 radical (unpaired) electrons. The Morgan fingerprint density at radius 2 is 1.83 bits per heavy atom. The minimum atomic E-state index is -3.45. The van der Waals surface area contributed by atoms with Gasteiger partial charge in [0.15, 0.2) is 0 Å². The zero-order valence-electron chi connectivity index (χ0n) is 11.5. The minimum absolute atomic E-state index is 0.0345. The molecule has 1 aliphatic heterocycles. The summed E-state index contributed by atoms with van der Waals surface area (Å²) in [7, 11) is -3.45. The Kier molecular flexibility index (Phi) is 4.27. The van der Waals surface area contributed by atoms with Crippen molar-refractivity contribution in [1.29, 1.82) is 0 Å². The smallest absolute Gasteiger partial charge is 0.410 e. The van der Waals surface area contributed by atoms with E-state index in [1.807, 2.05) is 0 Å². The van der Waals surface area contributed by atoms with Crippen LogP contribution in [0.3, 0.4) is 0 Å². The molecule has 1 atom stereocenters. The number of ether oxygens (including phenoxy) is 1. The fourth-order valence-corrected chi connectivity index (χ4v) is 2.35. The third-order valence-corrected chi connectivity index (χ3v) is 3.21. The van der Waals surface area contributed by atoms with Crippen LogP contribution in [0, 0.1) is 5.92 Å². The summed E-state index contributed by atoms with van der Waals surface area (Å²) in [6.45, 7) is 8.03. The van der Waals surface area contributed by atoms with Crippen LogP contribution in [0.2, 0.25) is 0 Å². The molecular weight excluding hydrogens is 258 g/mol. The molecule has 0 spiro atoms. The lowest BCUT2D eigenvalue weighted by Gasteiger charge is -2.41. The number of hydrogen-bond acceptors (Lipinski definition) is 5. The second kappa shape index (κ2) is 5.05. The second-order valence-corrected chi connectivity index (χ2v) is 7.25. The molecule has 0 aromatic heterocycles. The van der Waals surface area contributed by atoms with E-state index in [9.17, 15) is 13.2 Å². The molecule has 1 aliphatic rings. The van der Waals surface area contributed by atoms with Gasteiger partial charge in [-0.15, -0.1) is 0 Å². The van der Waals surface area contributed by atoms with Crippen LogP contribution in [-0.2, 0) is 19.0 Å². The zero-order chi connectivity index (χ0) is 14.1. The van der Waals surface area contributed by atoms with E-state index in [0.717, 1.165) is 6.26 Å². The molecule has 1 heterocycles. The summed E-state index contributed by atoms with van der Waals surface area (Å²) in [6, 6.07) is 0. The maximum Gasteiger partial charge on any atom is 0.410 e. The van der Waals surface area contributed by atoms with Gasteiger partial charge in [0.05, 0.1) is 12.4 Å². The molecule has 0 aromatic rings. The van der Waals surface area contributed by atoms with E-state index in [1.165, 1.54) is 4.90 Å². The van der Waals surface area contributed by atoms with E-state index < -0.39 is 21.8 Å². The Bertz CT molecular complexity index is 406. The van der Waals surface area contributed by atoms with Gasteiger partial charge in [0.1, 0.15) is 5.60 Å². The highest BCUT2D eigenvalue weighted by molar-refractivity contribution is 7.86. The van der Waals surface area contributed by atoms with Crippen LogP contribution in [0.25, 0.3) is 0 Å². The summed E-state index contributed by atoms with van der Waals surface area (Å²) in [5.41, 5.74) is -0.517. The van der Waals surface area contributed by atoms with Crippen molar-refractivity contribution in [2.45, 2.75) is 39.4 Å². The van der Waals surface area contributed by atoms with Crippen molar-refractivity contribution in [3.63, 3.8) is 0 Å². The van der Waals surface area contributed by atoms with Crippen LogP contribution in [-0.4, -0.2) is 50.5 Å². The van der Waals surface area contributed by atoms with E-state index in [1.54, 1.807) is 27.7 Å². The summed E-state index contributed by atoms with van der Waals surface area (Å²) < 4.78 is 32.0. The summed E-state index contributed by atoms with van der Waals surface area (Å²) in [5.74, 6) is 0.0345. The van der Waals surface area contributed by atoms with Crippen LogP contribution >= 0.6 is 0 Å². The SMILES string of the molecule is C[C@H](OS(C)(=O)=O)C1CN(C(=O)OC(C)(C)C)C1. The molecule has 18 heavy (non-hydrogen) atoms. The van der Waals surface area contributed by atoms with Crippen LogP contribution in [0.15, 0.2) is 0 Å². The van der Waals surface area contributed by atoms with Crippen LogP contribution in [0.1, 0.15) is 27.7 Å². The Labute approximate surface area is 108 Å². The molecule has 1 amide bonds. The van der Waals surface area contributed by atoms with Gasteiger partial charge in [0.25, 0.3) is 10.1 Å². The zero-order valence-corrected chi connectivity index (χ0v) is 12.3. The van der Waals surface area contributed by atoms with Gasteiger partial charge in [-0.2, -0.15) is 8.42 Å². The van der Waals surface area contributed by atoms with Gasteiger partial charge in [-0.25, -0.2) is 4.79 Å². The molecule has 0 N–H and O–H groups in total. The van der Waals surface area contributed by atoms with Gasteiger partial charge in [0.2, 0.25) is 0 Å². The van der Waals surface area contributed by atoms with Crippen LogP contribution in [0.4, 0.5) is 4.79 Å². The van der Waals surface area contributed by atoms with Crippen molar-refractivity contribution in [2.24, 2.45) is 5.92 Å². The lowest BCUT2D eigenvalue weighted by atomic mass is 9.95. The average molecular weight is 279 g/mol. The number of likely N-dealkylation sites (tertiary alicyclic amines) is 1. The first-order valence-corrected chi connectivity index (χ1v) is 7.66. The summed E-state index contributed by atoms with van der Waals surface area (Å²) in [4.78, 5) is 13.2. The van der Waals surface area contributed by atoms with Gasteiger partial charge in [-0.3, -0.25) is 4.18 Å². The maximum atomic E-state index is 11.6. The molecule has 6 nitrogen and oxygen atoms in total. The van der Waals surface area contributed by atoms with Crippen molar-refractivity contribution in [2.75, 3.05) is 19.3 Å². The highest BCUT2D eigenvalue weighted by atomic mass is 32.2. The Hall–Kier alpha value is -0.820. The molecule has 0 saturated carbocycles. The molecular formula is C11H21NO5S. The molecule has 1 rings (SSSR count). The average Bonchev–Trinajstić information content (AvgIpc) is 1.91. The van der Waals surface area contributed by atoms with E-state index in [0.29, 0.717) is 13.1 Å². The second-order valence-electron chi connectivity index (χ2n) is 5.65. The Morgan fingerprint density at radius 1 is 1.33 bits per heavy atom. The van der Waals surface area contributed by atoms with Crippen molar-refractivity contribution >= 4 is 16.2 Å². The van der Waals surface area contributed by atoms with Crippen LogP contribution in [0.5, 0.6) is 0 Å². The first kappa shape index (κ1) is 15.2. The number of amides is 1. The molecule has 0 aromatic carbocycles. The number of carbonyl (C=O) groups is 1. The maximum absolute atomic E-state index is 11.6. The van der Waals surface area contributed by atoms with Crippen molar-refractivity contribution in [3.05, 3.63) is 0 Å². The molecule has 0 aliphatic carbocycles. The minimum Gasteiger partial charge on any atom is -0.444 e. The largest absolute Gasteiger partial charge is 0.444 e. The number of hydrogen-bond donors (Lipinski definition) is 0. The molecule has 0 unspecified atom stereocenters. The normalized spacial score (nSPS) is 19.3. The van der Waals surface area contributed by atoms with E-state index in [-0.39, 0.29) is 12.0 Å². The van der Waals surface area contributed by atoms with Crippen molar-refractivity contribution in [1.82, 2.24) is 4.90 Å². The van der Waals surface area contributed by atoms with E-state index >= 15 is 0 Å². The predicted molar refractivity (Wildman–Crippen MR) is 66.7 cm³/mol. The molecule has 0 bridgehead atoms. The van der Waals surface area contributed by atoms with Crippen molar-refractivity contribution < 1.29 is 22.1 Å². The van der Waals surface area contributed by atoms with Gasteiger partial charge in [-0.05, 0) is 27.7 Å². The quantitative estimate of drug-likeness (QED) is 0.726. The number of carbonyl (C=O) groups excluding carboxylic acids is 1. The first-order valence-electron chi connectivity index (χ1n) is 5.84. The van der Waals surface area contributed by atoms with E-state index in [4.69, 9.17) is 8.92 Å². The lowest BCUT2D eigenvalue weighted by Crippen LogP contribution is -2.55. The van der Waals surface area contributed by atoms with Gasteiger partial charge in [-0.1, -0.05) is 0 Å². The lowest BCUT2D eigenvalue weighted by molar-refractivity contribution is -0.0199. The third-order valence-electron chi connectivity index (χ3n) is 2.55. The number of nitrogens with zero attached hydrogens (tertiary/aromatic N) is 1. The predicted octanol–water partition coefficient (Wildman–Crippen LogP) is 1.22. The molecule has 1 fully saturated rings. The highest BCUT2D eigenvalue weighted by Gasteiger charge is 2.38. The van der Waals surface area contributed by atoms with Gasteiger partial charge in [0, 0.05) is 19.0 Å². The van der Waals surface area contributed by atoms with Gasteiger partial charge >= 0.3 is 6.09 Å².